The maximum atomic E-state index is 13.4. The highest BCUT2D eigenvalue weighted by molar-refractivity contribution is 5.56. The predicted molar refractivity (Wildman–Crippen MR) is 124 cm³/mol. The van der Waals surface area contributed by atoms with Gasteiger partial charge >= 0.3 is 0 Å². The van der Waals surface area contributed by atoms with Crippen LogP contribution >= 0.6 is 0 Å². The van der Waals surface area contributed by atoms with Crippen molar-refractivity contribution >= 4 is 0 Å². The minimum absolute atomic E-state index is 0.229. The van der Waals surface area contributed by atoms with E-state index in [-0.39, 0.29) is 12.6 Å². The molecule has 0 amide bonds. The van der Waals surface area contributed by atoms with Gasteiger partial charge in [-0.05, 0) is 54.3 Å². The molecule has 4 rings (SSSR count). The van der Waals surface area contributed by atoms with E-state index in [1.165, 1.54) is 23.4 Å². The van der Waals surface area contributed by atoms with Gasteiger partial charge in [0.1, 0.15) is 11.6 Å². The fourth-order valence-electron chi connectivity index (χ4n) is 4.16. The van der Waals surface area contributed by atoms with Crippen LogP contribution in [0.25, 0.3) is 11.4 Å². The molecule has 2 heterocycles. The lowest BCUT2D eigenvalue weighted by Crippen LogP contribution is -2.28. The maximum absolute atomic E-state index is 13.4. The first kappa shape index (κ1) is 22.3. The average Bonchev–Trinajstić information content (AvgIpc) is 3.39. The van der Waals surface area contributed by atoms with Crippen LogP contribution < -0.4 is 9.47 Å². The van der Waals surface area contributed by atoms with E-state index in [1.807, 2.05) is 24.4 Å². The summed E-state index contributed by atoms with van der Waals surface area (Å²) in [6.45, 7) is 10.5. The van der Waals surface area contributed by atoms with Gasteiger partial charge in [-0.3, -0.25) is 4.90 Å². The van der Waals surface area contributed by atoms with Crippen molar-refractivity contribution < 1.29 is 13.9 Å². The van der Waals surface area contributed by atoms with Gasteiger partial charge in [0, 0.05) is 31.7 Å². The smallest absolute Gasteiger partial charge is 0.231 e. The van der Waals surface area contributed by atoms with E-state index in [4.69, 9.17) is 14.5 Å². The summed E-state index contributed by atoms with van der Waals surface area (Å²) in [7, 11) is 0. The molecule has 2 aromatic carbocycles. The Hall–Kier alpha value is -2.86. The lowest BCUT2D eigenvalue weighted by Gasteiger charge is -2.25. The lowest BCUT2D eigenvalue weighted by molar-refractivity contribution is 0.174. The summed E-state index contributed by atoms with van der Waals surface area (Å²) in [4.78, 5) is 7.19. The molecule has 0 radical (unpaired) electrons. The number of rotatable bonds is 10. The Bertz CT molecular complexity index is 1030. The van der Waals surface area contributed by atoms with Crippen molar-refractivity contribution in [3.05, 3.63) is 65.7 Å². The van der Waals surface area contributed by atoms with E-state index < -0.39 is 0 Å². The van der Waals surface area contributed by atoms with E-state index in [2.05, 4.69) is 42.4 Å². The predicted octanol–water partition coefficient (Wildman–Crippen LogP) is 5.88. The van der Waals surface area contributed by atoms with Crippen molar-refractivity contribution in [3.63, 3.8) is 0 Å². The van der Waals surface area contributed by atoms with Crippen LogP contribution in [0.1, 0.15) is 44.9 Å². The summed E-state index contributed by atoms with van der Waals surface area (Å²) in [5.74, 6) is 2.84. The summed E-state index contributed by atoms with van der Waals surface area (Å²) in [5.41, 5.74) is 3.33. The highest BCUT2D eigenvalue weighted by Crippen LogP contribution is 2.33. The van der Waals surface area contributed by atoms with Crippen molar-refractivity contribution in [1.29, 1.82) is 0 Å². The summed E-state index contributed by atoms with van der Waals surface area (Å²) < 4.78 is 26.8. The van der Waals surface area contributed by atoms with Gasteiger partial charge in [-0.15, -0.1) is 0 Å². The summed E-state index contributed by atoms with van der Waals surface area (Å²) >= 11 is 0. The molecule has 6 heteroatoms. The van der Waals surface area contributed by atoms with E-state index in [0.717, 1.165) is 61.9 Å². The lowest BCUT2D eigenvalue weighted by atomic mass is 10.1. The summed E-state index contributed by atoms with van der Waals surface area (Å²) in [6, 6.07) is 12.8. The van der Waals surface area contributed by atoms with Crippen molar-refractivity contribution in [2.24, 2.45) is 5.92 Å². The molecule has 0 bridgehead atoms. The Morgan fingerprint density at radius 3 is 2.59 bits per heavy atom. The van der Waals surface area contributed by atoms with Gasteiger partial charge in [0.2, 0.25) is 6.79 Å². The SMILES string of the molecule is CCCCn1c(CN(Cc2ccc3c(c2)OCO3)CC(C)C)cnc1-c1ccc(F)cc1. The minimum Gasteiger partial charge on any atom is -0.454 e. The second kappa shape index (κ2) is 10.2. The highest BCUT2D eigenvalue weighted by atomic mass is 19.1. The van der Waals surface area contributed by atoms with Crippen LogP contribution in [0.3, 0.4) is 0 Å². The van der Waals surface area contributed by atoms with Crippen molar-refractivity contribution in [3.8, 4) is 22.9 Å². The molecule has 1 aromatic heterocycles. The number of imidazole rings is 1. The van der Waals surface area contributed by atoms with Crippen molar-refractivity contribution in [2.45, 2.75) is 53.2 Å². The van der Waals surface area contributed by atoms with Gasteiger partial charge in [-0.1, -0.05) is 33.3 Å². The molecule has 170 valence electrons. The molecule has 0 N–H and O–H groups in total. The van der Waals surface area contributed by atoms with Crippen molar-refractivity contribution in [2.75, 3.05) is 13.3 Å². The Kier molecular flexibility index (Phi) is 7.10. The number of unbranched alkanes of at least 4 members (excludes halogenated alkanes) is 1. The van der Waals surface area contributed by atoms with Gasteiger partial charge in [-0.2, -0.15) is 0 Å². The standard InChI is InChI=1S/C26H32FN3O2/c1-4-5-12-30-23(14-28-26(30)21-7-9-22(27)10-8-21)17-29(15-19(2)3)16-20-6-11-24-25(13-20)32-18-31-24/h6-11,13-14,19H,4-5,12,15-18H2,1-3H3. The summed E-state index contributed by atoms with van der Waals surface area (Å²) in [6.07, 6.45) is 4.15. The van der Waals surface area contributed by atoms with Gasteiger partial charge in [0.15, 0.2) is 11.5 Å². The number of aromatic nitrogens is 2. The third kappa shape index (κ3) is 5.30. The molecule has 5 nitrogen and oxygen atoms in total. The molecule has 0 atom stereocenters. The molecule has 1 aliphatic rings. The van der Waals surface area contributed by atoms with E-state index in [9.17, 15) is 4.39 Å². The number of benzene rings is 2. The van der Waals surface area contributed by atoms with Crippen LogP contribution in [0.5, 0.6) is 11.5 Å². The molecular weight excluding hydrogens is 405 g/mol. The average molecular weight is 438 g/mol. The van der Waals surface area contributed by atoms with Gasteiger partial charge < -0.3 is 14.0 Å². The molecule has 1 aliphatic heterocycles. The Morgan fingerprint density at radius 1 is 1.06 bits per heavy atom. The molecule has 0 aliphatic carbocycles. The zero-order chi connectivity index (χ0) is 22.5. The molecule has 0 unspecified atom stereocenters. The van der Waals surface area contributed by atoms with Crippen LogP contribution in [-0.2, 0) is 19.6 Å². The van der Waals surface area contributed by atoms with E-state index in [1.54, 1.807) is 0 Å². The first-order valence-corrected chi connectivity index (χ1v) is 11.4. The number of hydrogen-bond acceptors (Lipinski definition) is 4. The van der Waals surface area contributed by atoms with Crippen LogP contribution in [-0.4, -0.2) is 27.8 Å². The first-order valence-electron chi connectivity index (χ1n) is 11.4. The van der Waals surface area contributed by atoms with Gasteiger partial charge in [-0.25, -0.2) is 9.37 Å². The fourth-order valence-corrected chi connectivity index (χ4v) is 4.16. The normalized spacial score (nSPS) is 12.8. The minimum atomic E-state index is -0.229. The number of nitrogens with zero attached hydrogens (tertiary/aromatic N) is 3. The molecule has 0 saturated heterocycles. The number of ether oxygens (including phenoxy) is 2. The van der Waals surface area contributed by atoms with E-state index >= 15 is 0 Å². The zero-order valence-corrected chi connectivity index (χ0v) is 19.2. The van der Waals surface area contributed by atoms with Crippen LogP contribution in [0.15, 0.2) is 48.7 Å². The molecule has 0 fully saturated rings. The third-order valence-corrected chi connectivity index (χ3v) is 5.63. The Morgan fingerprint density at radius 2 is 1.84 bits per heavy atom. The monoisotopic (exact) mass is 437 g/mol. The number of fused-ring (bicyclic) bond motifs is 1. The highest BCUT2D eigenvalue weighted by Gasteiger charge is 2.18. The topological polar surface area (TPSA) is 39.5 Å². The number of halogens is 1. The fraction of sp³-hybridized carbons (Fsp3) is 0.423. The molecule has 32 heavy (non-hydrogen) atoms. The first-order chi connectivity index (χ1) is 15.5. The van der Waals surface area contributed by atoms with Crippen LogP contribution in [0.2, 0.25) is 0 Å². The maximum Gasteiger partial charge on any atom is 0.231 e. The van der Waals surface area contributed by atoms with Crippen LogP contribution in [0, 0.1) is 11.7 Å². The quantitative estimate of drug-likeness (QED) is 0.397. The third-order valence-electron chi connectivity index (χ3n) is 5.63. The molecule has 0 saturated carbocycles. The largest absolute Gasteiger partial charge is 0.454 e. The van der Waals surface area contributed by atoms with Crippen molar-refractivity contribution in [1.82, 2.24) is 14.5 Å². The Balaban J connectivity index is 1.58. The van der Waals surface area contributed by atoms with E-state index in [0.29, 0.717) is 5.92 Å². The zero-order valence-electron chi connectivity index (χ0n) is 19.2. The second-order valence-electron chi connectivity index (χ2n) is 8.84. The number of hydrogen-bond donors (Lipinski definition) is 0. The summed E-state index contributed by atoms with van der Waals surface area (Å²) in [5, 5.41) is 0. The Labute approximate surface area is 189 Å². The molecule has 0 spiro atoms. The molecule has 3 aromatic rings. The second-order valence-corrected chi connectivity index (χ2v) is 8.84. The molecular formula is C26H32FN3O2. The van der Waals surface area contributed by atoms with Crippen LogP contribution in [0.4, 0.5) is 4.39 Å². The van der Waals surface area contributed by atoms with Gasteiger partial charge in [0.05, 0.1) is 11.9 Å². The van der Waals surface area contributed by atoms with Gasteiger partial charge in [0.25, 0.3) is 0 Å².